The average Bonchev–Trinajstić information content (AvgIpc) is 2.59. The summed E-state index contributed by atoms with van der Waals surface area (Å²) in [6, 6.07) is 8.81. The molecule has 0 aliphatic rings. The number of hydrogen-bond donors (Lipinski definition) is 1. The molecule has 0 aliphatic heterocycles. The molecule has 4 nitrogen and oxygen atoms in total. The molecule has 0 bridgehead atoms. The Morgan fingerprint density at radius 1 is 1.23 bits per heavy atom. The van der Waals surface area contributed by atoms with Gasteiger partial charge in [0.15, 0.2) is 8.32 Å². The van der Waals surface area contributed by atoms with Gasteiger partial charge in [-0.25, -0.2) is 4.79 Å². The maximum absolute atomic E-state index is 12.0. The van der Waals surface area contributed by atoms with Crippen molar-refractivity contribution >= 4 is 14.3 Å². The largest absolute Gasteiger partial charge is 0.459 e. The van der Waals surface area contributed by atoms with Crippen molar-refractivity contribution in [3.05, 3.63) is 48.0 Å². The fraction of sp³-hybridized carbons (Fsp3) is 0.571. The Balaban J connectivity index is 2.48. The van der Waals surface area contributed by atoms with E-state index in [9.17, 15) is 9.90 Å². The lowest BCUT2D eigenvalue weighted by Crippen LogP contribution is -2.40. The van der Waals surface area contributed by atoms with Crippen molar-refractivity contribution in [1.29, 1.82) is 0 Å². The number of aliphatic hydroxyl groups is 1. The van der Waals surface area contributed by atoms with Crippen LogP contribution >= 0.6 is 0 Å². The molecule has 0 heterocycles. The minimum atomic E-state index is -1.76. The number of hydrogen-bond acceptors (Lipinski definition) is 4. The Bertz CT molecular complexity index is 575. The van der Waals surface area contributed by atoms with E-state index in [1.165, 1.54) is 0 Å². The first-order valence-corrected chi connectivity index (χ1v) is 12.2. The van der Waals surface area contributed by atoms with Gasteiger partial charge in [-0.05, 0) is 36.7 Å². The molecule has 0 aliphatic carbocycles. The van der Waals surface area contributed by atoms with Crippen LogP contribution in [0, 0.1) is 5.92 Å². The summed E-state index contributed by atoms with van der Waals surface area (Å²) in [5.74, 6) is -0.480. The average molecular weight is 379 g/mol. The van der Waals surface area contributed by atoms with Crippen LogP contribution in [0.15, 0.2) is 42.5 Å². The SMILES string of the molecule is CC[C@H](/C=C\CO[Si](C)(C)C(C)(C)C)[C@H](O)COC(=O)c1ccccc1. The number of carbonyl (C=O) groups excluding carboxylic acids is 1. The van der Waals surface area contributed by atoms with Gasteiger partial charge in [-0.15, -0.1) is 0 Å². The lowest BCUT2D eigenvalue weighted by atomic mass is 9.99. The lowest BCUT2D eigenvalue weighted by molar-refractivity contribution is 0.0145. The Morgan fingerprint density at radius 3 is 2.38 bits per heavy atom. The number of benzene rings is 1. The van der Waals surface area contributed by atoms with Crippen molar-refractivity contribution in [2.45, 2.75) is 58.4 Å². The topological polar surface area (TPSA) is 55.8 Å². The Morgan fingerprint density at radius 2 is 1.85 bits per heavy atom. The molecule has 0 fully saturated rings. The molecular formula is C21H34O4Si. The van der Waals surface area contributed by atoms with E-state index in [-0.39, 0.29) is 17.6 Å². The normalized spacial score (nSPS) is 15.0. The van der Waals surface area contributed by atoms with Crippen molar-refractivity contribution in [2.75, 3.05) is 13.2 Å². The van der Waals surface area contributed by atoms with E-state index in [4.69, 9.17) is 9.16 Å². The molecule has 0 aromatic heterocycles. The third kappa shape index (κ3) is 7.06. The summed E-state index contributed by atoms with van der Waals surface area (Å²) in [4.78, 5) is 12.0. The first-order valence-electron chi connectivity index (χ1n) is 9.29. The maximum Gasteiger partial charge on any atom is 0.338 e. The molecule has 146 valence electrons. The Labute approximate surface area is 159 Å². The van der Waals surface area contributed by atoms with Crippen molar-refractivity contribution in [3.8, 4) is 0 Å². The van der Waals surface area contributed by atoms with Crippen molar-refractivity contribution in [1.82, 2.24) is 0 Å². The summed E-state index contributed by atoms with van der Waals surface area (Å²) in [6.07, 6.45) is 3.97. The zero-order chi connectivity index (χ0) is 19.8. The fourth-order valence-electron chi connectivity index (χ4n) is 2.18. The van der Waals surface area contributed by atoms with E-state index in [0.717, 1.165) is 6.42 Å². The number of carbonyl (C=O) groups is 1. The van der Waals surface area contributed by atoms with Crippen LogP contribution in [0.3, 0.4) is 0 Å². The van der Waals surface area contributed by atoms with Crippen LogP contribution in [0.5, 0.6) is 0 Å². The second-order valence-corrected chi connectivity index (χ2v) is 12.9. The number of aliphatic hydroxyl groups excluding tert-OH is 1. The molecule has 1 rings (SSSR count). The highest BCUT2D eigenvalue weighted by atomic mass is 28.4. The molecule has 5 heteroatoms. The van der Waals surface area contributed by atoms with E-state index in [0.29, 0.717) is 12.2 Å². The van der Waals surface area contributed by atoms with Crippen LogP contribution in [-0.4, -0.2) is 38.7 Å². The first kappa shape index (κ1) is 22.6. The minimum Gasteiger partial charge on any atom is -0.459 e. The van der Waals surface area contributed by atoms with Crippen LogP contribution in [0.25, 0.3) is 0 Å². The number of ether oxygens (including phenoxy) is 1. The Hall–Kier alpha value is -1.43. The van der Waals surface area contributed by atoms with Gasteiger partial charge in [0.2, 0.25) is 0 Å². The van der Waals surface area contributed by atoms with E-state index in [1.807, 2.05) is 25.1 Å². The maximum atomic E-state index is 12.0. The predicted octanol–water partition coefficient (Wildman–Crippen LogP) is 4.81. The van der Waals surface area contributed by atoms with Gasteiger partial charge in [-0.1, -0.05) is 58.0 Å². The molecule has 2 atom stereocenters. The molecule has 1 aromatic rings. The molecule has 0 radical (unpaired) electrons. The second-order valence-electron chi connectivity index (χ2n) is 8.10. The van der Waals surface area contributed by atoms with E-state index in [1.54, 1.807) is 24.3 Å². The highest BCUT2D eigenvalue weighted by Crippen LogP contribution is 2.36. The lowest BCUT2D eigenvalue weighted by Gasteiger charge is -2.35. The molecule has 0 saturated carbocycles. The van der Waals surface area contributed by atoms with Crippen LogP contribution in [0.4, 0.5) is 0 Å². The summed E-state index contributed by atoms with van der Waals surface area (Å²) in [6.45, 7) is 13.6. The summed E-state index contributed by atoms with van der Waals surface area (Å²) in [5, 5.41) is 10.5. The Kier molecular flexibility index (Phi) is 8.73. The third-order valence-corrected chi connectivity index (χ3v) is 9.59. The smallest absolute Gasteiger partial charge is 0.338 e. The van der Waals surface area contributed by atoms with Crippen LogP contribution in [0.2, 0.25) is 18.1 Å². The monoisotopic (exact) mass is 378 g/mol. The van der Waals surface area contributed by atoms with Gasteiger partial charge in [-0.2, -0.15) is 0 Å². The number of rotatable bonds is 9. The molecular weight excluding hydrogens is 344 g/mol. The quantitative estimate of drug-likeness (QED) is 0.381. The third-order valence-electron chi connectivity index (χ3n) is 5.09. The molecule has 26 heavy (non-hydrogen) atoms. The van der Waals surface area contributed by atoms with Crippen LogP contribution in [-0.2, 0) is 9.16 Å². The first-order chi connectivity index (χ1) is 12.1. The van der Waals surface area contributed by atoms with E-state index in [2.05, 4.69) is 33.9 Å². The zero-order valence-electron chi connectivity index (χ0n) is 17.0. The van der Waals surface area contributed by atoms with Gasteiger partial charge < -0.3 is 14.3 Å². The summed E-state index contributed by atoms with van der Waals surface area (Å²) >= 11 is 0. The van der Waals surface area contributed by atoms with Gasteiger partial charge in [0, 0.05) is 5.92 Å². The standard InChI is InChI=1S/C21H34O4Si/c1-7-17(14-11-15-25-26(5,6)21(2,3)4)19(22)16-24-20(23)18-12-9-8-10-13-18/h8-14,17,19,22H,7,15-16H2,1-6H3/b14-11-/t17-,19-/m1/s1. The molecule has 0 spiro atoms. The second kappa shape index (κ2) is 10.0. The van der Waals surface area contributed by atoms with E-state index < -0.39 is 20.4 Å². The summed E-state index contributed by atoms with van der Waals surface area (Å²) in [5.41, 5.74) is 0.492. The molecule has 0 saturated heterocycles. The molecule has 1 aromatic carbocycles. The van der Waals surface area contributed by atoms with Gasteiger partial charge in [-0.3, -0.25) is 0 Å². The highest BCUT2D eigenvalue weighted by molar-refractivity contribution is 6.74. The predicted molar refractivity (Wildman–Crippen MR) is 109 cm³/mol. The van der Waals surface area contributed by atoms with Crippen molar-refractivity contribution in [3.63, 3.8) is 0 Å². The van der Waals surface area contributed by atoms with Gasteiger partial charge in [0.05, 0.1) is 18.3 Å². The van der Waals surface area contributed by atoms with Gasteiger partial charge in [0.1, 0.15) is 6.61 Å². The van der Waals surface area contributed by atoms with Crippen LogP contribution < -0.4 is 0 Å². The summed E-state index contributed by atoms with van der Waals surface area (Å²) < 4.78 is 11.3. The van der Waals surface area contributed by atoms with Crippen molar-refractivity contribution < 1.29 is 19.1 Å². The molecule has 0 amide bonds. The van der Waals surface area contributed by atoms with Gasteiger partial charge in [0.25, 0.3) is 0 Å². The minimum absolute atomic E-state index is 0.0142. The zero-order valence-corrected chi connectivity index (χ0v) is 18.0. The molecule has 0 unspecified atom stereocenters. The van der Waals surface area contributed by atoms with E-state index >= 15 is 0 Å². The number of esters is 1. The van der Waals surface area contributed by atoms with Gasteiger partial charge >= 0.3 is 5.97 Å². The molecule has 1 N–H and O–H groups in total. The fourth-order valence-corrected chi connectivity index (χ4v) is 3.13. The highest BCUT2D eigenvalue weighted by Gasteiger charge is 2.36. The van der Waals surface area contributed by atoms with Crippen molar-refractivity contribution in [2.24, 2.45) is 5.92 Å². The van der Waals surface area contributed by atoms with Crippen LogP contribution in [0.1, 0.15) is 44.5 Å². The summed E-state index contributed by atoms with van der Waals surface area (Å²) in [7, 11) is -1.76.